The van der Waals surface area contributed by atoms with E-state index in [1.54, 1.807) is 18.3 Å². The smallest absolute Gasteiger partial charge is 1.00 e. The van der Waals surface area contributed by atoms with Gasteiger partial charge < -0.3 is 48.5 Å². The molecule has 0 fully saturated rings. The minimum Gasteiger partial charge on any atom is -1.00 e. The van der Waals surface area contributed by atoms with Crippen molar-refractivity contribution in [2.75, 3.05) is 6.54 Å². The number of halogens is 1. The van der Waals surface area contributed by atoms with Crippen molar-refractivity contribution >= 4 is 22.8 Å². The first-order valence-electron chi connectivity index (χ1n) is 29.5. The number of carboxylic acids is 2. The number of rotatable bonds is 46. The van der Waals surface area contributed by atoms with Gasteiger partial charge in [0.1, 0.15) is 11.3 Å². The first-order valence-corrected chi connectivity index (χ1v) is 29.5. The van der Waals surface area contributed by atoms with Crippen molar-refractivity contribution in [3.8, 4) is 5.75 Å². The molecule has 2 aromatic rings. The number of carbonyl (C=O) groups excluding carboxylic acids is 2. The molecule has 0 aliphatic heterocycles. The van der Waals surface area contributed by atoms with Gasteiger partial charge in [0.05, 0.1) is 6.54 Å². The van der Waals surface area contributed by atoms with Gasteiger partial charge in [0.2, 0.25) is 0 Å². The minimum atomic E-state index is -0.903. The number of aliphatic carboxylic acids is 2. The van der Waals surface area contributed by atoms with Gasteiger partial charge >= 0.3 is 16.8 Å². The van der Waals surface area contributed by atoms with Crippen molar-refractivity contribution in [3.05, 3.63) is 36.5 Å². The van der Waals surface area contributed by atoms with Crippen molar-refractivity contribution in [3.63, 3.8) is 0 Å². The predicted octanol–water partition coefficient (Wildman–Crippen LogP) is 12.8. The number of fused-ring (bicyclic) bond motifs is 1. The molecule has 1 aromatic carbocycles. The van der Waals surface area contributed by atoms with Crippen LogP contribution in [0.4, 0.5) is 0 Å². The fourth-order valence-electron chi connectivity index (χ4n) is 8.74. The summed E-state index contributed by atoms with van der Waals surface area (Å²) in [7, 11) is 0. The minimum absolute atomic E-state index is 0. The molecular formula is C61H115ClCoN2O6. The standard InChI is InChI=1S/2C18H36O2.C16H35N.C9H7NO.ClH.Co.H2O/c2*1-2-3-4-5-6-7-8-9-10-11-12-13-14-15-16-17-18(19)20;1-2-3-4-5-6-7-8-9-10-11-12-13-14-15-16-17;11-8-5-1-3-7-4-2-6-10-9(7)8;;;/h2*2-17H2,1H3,(H,19,20);2-17H2,1H3;1-6,11H;1H;;1H2/q;;;;;+2;/p-2. The number of unbranched alkanes of at least 4 members (excludes halogenated alkanes) is 41. The summed E-state index contributed by atoms with van der Waals surface area (Å²) >= 11 is 0. The Hall–Kier alpha value is -1.91. The van der Waals surface area contributed by atoms with Crippen LogP contribution in [-0.2, 0) is 26.4 Å². The van der Waals surface area contributed by atoms with Gasteiger partial charge in [-0.3, -0.25) is 4.98 Å². The number of carbonyl (C=O) groups is 2. The maximum Gasteiger partial charge on any atom is 2.00 e. The number of quaternary nitrogens is 1. The number of aromatic hydroxyl groups is 1. The van der Waals surface area contributed by atoms with Crippen LogP contribution in [0, 0.1) is 0 Å². The number of para-hydroxylation sites is 1. The Morgan fingerprint density at radius 1 is 0.423 bits per heavy atom. The van der Waals surface area contributed by atoms with Crippen molar-refractivity contribution in [1.29, 1.82) is 0 Å². The van der Waals surface area contributed by atoms with E-state index < -0.39 is 11.9 Å². The van der Waals surface area contributed by atoms with Gasteiger partial charge in [0.15, 0.2) is 0 Å². The van der Waals surface area contributed by atoms with E-state index in [1.807, 2.05) is 18.2 Å². The van der Waals surface area contributed by atoms with Crippen molar-refractivity contribution in [2.45, 2.75) is 316 Å². The van der Waals surface area contributed by atoms with Gasteiger partial charge in [-0.2, -0.15) is 0 Å². The topological polar surface area (TPSA) is 173 Å². The second-order valence-corrected chi connectivity index (χ2v) is 19.9. The molecule has 2 rings (SSSR count). The Kier molecular flexibility index (Phi) is 74.8. The van der Waals surface area contributed by atoms with E-state index in [1.165, 1.54) is 257 Å². The Bertz CT molecular complexity index is 1240. The van der Waals surface area contributed by atoms with Gasteiger partial charge in [-0.05, 0) is 50.7 Å². The van der Waals surface area contributed by atoms with Crippen LogP contribution in [0.25, 0.3) is 10.9 Å². The summed E-state index contributed by atoms with van der Waals surface area (Å²) in [5, 5.41) is 30.7. The third kappa shape index (κ3) is 66.1. The molecule has 0 atom stereocenters. The van der Waals surface area contributed by atoms with Crippen LogP contribution in [0.1, 0.15) is 316 Å². The zero-order chi connectivity index (χ0) is 50.1. The SMILES string of the molecule is CCCCCCCCCCCCCCCCCC(=O)[O-].CCCCCCCCCCCCCCCCCC(=O)[O-].CCCCCCCCCCCCCCCC[NH3+].O.Oc1cccc2cccnc12.[Cl-].[Co+2]. The fourth-order valence-corrected chi connectivity index (χ4v) is 8.74. The van der Waals surface area contributed by atoms with Gasteiger partial charge in [-0.15, -0.1) is 0 Å². The van der Waals surface area contributed by atoms with Gasteiger partial charge in [0.25, 0.3) is 0 Å². The van der Waals surface area contributed by atoms with Crippen molar-refractivity contribution < 1.29 is 65.3 Å². The van der Waals surface area contributed by atoms with Gasteiger partial charge in [0, 0.05) is 23.5 Å². The monoisotopic (exact) mass is 1070 g/mol. The summed E-state index contributed by atoms with van der Waals surface area (Å²) in [6.07, 6.45) is 61.6. The number of aromatic nitrogens is 1. The predicted molar refractivity (Wildman–Crippen MR) is 294 cm³/mol. The van der Waals surface area contributed by atoms with Crippen LogP contribution in [0.15, 0.2) is 36.5 Å². The van der Waals surface area contributed by atoms with Crippen LogP contribution < -0.4 is 28.4 Å². The first kappa shape index (κ1) is 78.0. The molecule has 0 aliphatic carbocycles. The molecule has 71 heavy (non-hydrogen) atoms. The second-order valence-electron chi connectivity index (χ2n) is 19.9. The van der Waals surface area contributed by atoms with E-state index in [0.29, 0.717) is 5.52 Å². The van der Waals surface area contributed by atoms with Crippen LogP contribution in [0.5, 0.6) is 5.75 Å². The zero-order valence-corrected chi connectivity index (χ0v) is 48.4. The molecule has 0 bridgehead atoms. The Morgan fingerprint density at radius 3 is 0.901 bits per heavy atom. The van der Waals surface area contributed by atoms with E-state index in [0.717, 1.165) is 37.6 Å². The number of phenols is 1. The summed E-state index contributed by atoms with van der Waals surface area (Å²) in [5.74, 6) is -1.57. The summed E-state index contributed by atoms with van der Waals surface area (Å²) in [4.78, 5) is 24.5. The Morgan fingerprint density at radius 2 is 0.662 bits per heavy atom. The summed E-state index contributed by atoms with van der Waals surface area (Å²) < 4.78 is 0. The first-order chi connectivity index (χ1) is 33.3. The zero-order valence-electron chi connectivity index (χ0n) is 46.6. The molecule has 1 heterocycles. The second kappa shape index (κ2) is 68.1. The summed E-state index contributed by atoms with van der Waals surface area (Å²) in [6, 6.07) is 9.13. The van der Waals surface area contributed by atoms with Crippen LogP contribution in [0.2, 0.25) is 0 Å². The number of benzene rings is 1. The van der Waals surface area contributed by atoms with E-state index in [9.17, 15) is 24.9 Å². The van der Waals surface area contributed by atoms with E-state index in [4.69, 9.17) is 0 Å². The normalized spacial score (nSPS) is 10.3. The van der Waals surface area contributed by atoms with Crippen molar-refractivity contribution in [1.82, 2.24) is 4.98 Å². The third-order valence-corrected chi connectivity index (χ3v) is 13.2. The molecule has 8 nitrogen and oxygen atoms in total. The summed E-state index contributed by atoms with van der Waals surface area (Å²) in [5.41, 5.74) is 4.54. The quantitative estimate of drug-likeness (QED) is 0.0625. The Balaban J connectivity index is -0.000000273. The molecule has 6 N–H and O–H groups in total. The summed E-state index contributed by atoms with van der Waals surface area (Å²) in [6.45, 7) is 7.95. The Labute approximate surface area is 455 Å². The number of hydrogen-bond donors (Lipinski definition) is 2. The number of phenolic OH excluding ortho intramolecular Hbond substituents is 1. The number of nitrogens with zero attached hydrogens (tertiary/aromatic N) is 1. The van der Waals surface area contributed by atoms with Crippen molar-refractivity contribution in [2.24, 2.45) is 0 Å². The van der Waals surface area contributed by atoms with Crippen LogP contribution >= 0.6 is 0 Å². The largest absolute Gasteiger partial charge is 2.00 e. The maximum absolute atomic E-state index is 10.2. The molecule has 0 saturated heterocycles. The van der Waals surface area contributed by atoms with Crippen LogP contribution in [-0.4, -0.2) is 34.1 Å². The molecule has 0 amide bonds. The van der Waals surface area contributed by atoms with E-state index in [-0.39, 0.29) is 53.3 Å². The molecule has 0 spiro atoms. The number of pyridine rings is 1. The number of carboxylic acid groups (broad SMARTS) is 2. The van der Waals surface area contributed by atoms with Gasteiger partial charge in [-0.1, -0.05) is 296 Å². The average molecular weight is 1070 g/mol. The molecule has 421 valence electrons. The number of hydrogen-bond acceptors (Lipinski definition) is 6. The maximum atomic E-state index is 10.2. The molecule has 1 radical (unpaired) electrons. The molecule has 1 aromatic heterocycles. The van der Waals surface area contributed by atoms with E-state index in [2.05, 4.69) is 31.5 Å². The van der Waals surface area contributed by atoms with Gasteiger partial charge in [-0.25, -0.2) is 0 Å². The molecule has 0 aliphatic rings. The third-order valence-electron chi connectivity index (χ3n) is 13.2. The van der Waals surface area contributed by atoms with Crippen LogP contribution in [0.3, 0.4) is 0 Å². The average Bonchev–Trinajstić information content (AvgIpc) is 3.33. The molecule has 0 unspecified atom stereocenters. The molecule has 0 saturated carbocycles. The molecule has 10 heteroatoms. The van der Waals surface area contributed by atoms with E-state index >= 15 is 0 Å². The fraction of sp³-hybridized carbons (Fsp3) is 0.820. The molecular weight excluding hydrogens is 951 g/mol.